The SMILES string of the molecule is C=C1NC(C)=C(C(C)=O)CC1=C(C)O. The lowest BCUT2D eigenvalue weighted by Crippen LogP contribution is -2.23. The molecule has 14 heavy (non-hydrogen) atoms. The minimum atomic E-state index is 0.0289. The quantitative estimate of drug-likeness (QED) is 0.627. The first-order valence-corrected chi connectivity index (χ1v) is 4.49. The van der Waals surface area contributed by atoms with E-state index in [2.05, 4.69) is 11.9 Å². The third-order valence-corrected chi connectivity index (χ3v) is 2.37. The summed E-state index contributed by atoms with van der Waals surface area (Å²) in [5.74, 6) is 0.245. The first-order chi connectivity index (χ1) is 6.43. The van der Waals surface area contributed by atoms with Gasteiger partial charge in [0.2, 0.25) is 0 Å². The molecule has 0 fully saturated rings. The predicted molar refractivity (Wildman–Crippen MR) is 55.6 cm³/mol. The lowest BCUT2D eigenvalue weighted by Gasteiger charge is -2.23. The Hall–Kier alpha value is -1.51. The van der Waals surface area contributed by atoms with E-state index in [-0.39, 0.29) is 11.5 Å². The fourth-order valence-corrected chi connectivity index (χ4v) is 1.53. The van der Waals surface area contributed by atoms with Crippen LogP contribution in [0.2, 0.25) is 0 Å². The second-order valence-corrected chi connectivity index (χ2v) is 3.50. The van der Waals surface area contributed by atoms with Gasteiger partial charge in [0, 0.05) is 29.0 Å². The zero-order chi connectivity index (χ0) is 10.9. The number of hydrogen-bond acceptors (Lipinski definition) is 3. The van der Waals surface area contributed by atoms with E-state index in [1.54, 1.807) is 6.92 Å². The molecule has 3 nitrogen and oxygen atoms in total. The van der Waals surface area contributed by atoms with Crippen LogP contribution in [0, 0.1) is 0 Å². The molecule has 0 radical (unpaired) electrons. The third-order valence-electron chi connectivity index (χ3n) is 2.37. The molecule has 0 aliphatic carbocycles. The monoisotopic (exact) mass is 193 g/mol. The molecule has 1 aliphatic heterocycles. The molecule has 0 bridgehead atoms. The van der Waals surface area contributed by atoms with E-state index in [0.29, 0.717) is 23.3 Å². The van der Waals surface area contributed by atoms with Crippen molar-refractivity contribution >= 4 is 5.78 Å². The molecule has 0 amide bonds. The molecule has 0 aromatic carbocycles. The Balaban J connectivity index is 3.13. The highest BCUT2D eigenvalue weighted by Gasteiger charge is 2.20. The number of carbonyl (C=O) groups excluding carboxylic acids is 1. The standard InChI is InChI=1S/C11H15NO2/c1-6-10(8(3)13)5-11(9(4)14)7(2)12-6/h12-13H,1,5H2,2-4H3. The fourth-order valence-electron chi connectivity index (χ4n) is 1.53. The van der Waals surface area contributed by atoms with Crippen LogP contribution in [0.3, 0.4) is 0 Å². The molecule has 0 atom stereocenters. The number of aliphatic hydroxyl groups excluding tert-OH is 1. The molecule has 3 heteroatoms. The van der Waals surface area contributed by atoms with Crippen molar-refractivity contribution < 1.29 is 9.90 Å². The zero-order valence-corrected chi connectivity index (χ0v) is 8.77. The summed E-state index contributed by atoms with van der Waals surface area (Å²) in [7, 11) is 0. The summed E-state index contributed by atoms with van der Waals surface area (Å²) in [5.41, 5.74) is 2.92. The van der Waals surface area contributed by atoms with E-state index in [4.69, 9.17) is 0 Å². The second-order valence-electron chi connectivity index (χ2n) is 3.50. The Morgan fingerprint density at radius 1 is 1.50 bits per heavy atom. The number of Topliss-reactive ketones (excluding diaryl/α,β-unsaturated/α-hetero) is 1. The Bertz CT molecular complexity index is 357. The van der Waals surface area contributed by atoms with E-state index >= 15 is 0 Å². The molecule has 76 valence electrons. The van der Waals surface area contributed by atoms with Gasteiger partial charge in [-0.05, 0) is 20.8 Å². The first kappa shape index (κ1) is 10.6. The fraction of sp³-hybridized carbons (Fsp3) is 0.364. The molecule has 0 aromatic heterocycles. The van der Waals surface area contributed by atoms with Gasteiger partial charge in [0.05, 0.1) is 5.76 Å². The Morgan fingerprint density at radius 2 is 2.07 bits per heavy atom. The number of aliphatic hydroxyl groups is 1. The van der Waals surface area contributed by atoms with Crippen molar-refractivity contribution in [3.8, 4) is 0 Å². The van der Waals surface area contributed by atoms with E-state index < -0.39 is 0 Å². The lowest BCUT2D eigenvalue weighted by atomic mass is 9.94. The van der Waals surface area contributed by atoms with Crippen molar-refractivity contribution in [2.75, 3.05) is 0 Å². The number of nitrogens with one attached hydrogen (secondary N) is 1. The number of hydrogen-bond donors (Lipinski definition) is 2. The van der Waals surface area contributed by atoms with Crippen LogP contribution in [0.5, 0.6) is 0 Å². The second kappa shape index (κ2) is 3.70. The molecule has 1 aliphatic rings. The smallest absolute Gasteiger partial charge is 0.157 e. The van der Waals surface area contributed by atoms with Crippen LogP contribution in [-0.4, -0.2) is 10.9 Å². The van der Waals surface area contributed by atoms with Crippen LogP contribution in [0.15, 0.2) is 34.9 Å². The van der Waals surface area contributed by atoms with Crippen LogP contribution in [0.1, 0.15) is 27.2 Å². The van der Waals surface area contributed by atoms with E-state index in [1.165, 1.54) is 6.92 Å². The molecule has 0 aromatic rings. The van der Waals surface area contributed by atoms with Gasteiger partial charge in [-0.15, -0.1) is 0 Å². The minimum Gasteiger partial charge on any atom is -0.512 e. The number of allylic oxidation sites excluding steroid dienone is 4. The number of carbonyl (C=O) groups is 1. The number of ketones is 1. The van der Waals surface area contributed by atoms with Crippen molar-refractivity contribution in [3.05, 3.63) is 34.9 Å². The van der Waals surface area contributed by atoms with Gasteiger partial charge < -0.3 is 10.4 Å². The summed E-state index contributed by atoms with van der Waals surface area (Å²) >= 11 is 0. The topological polar surface area (TPSA) is 49.3 Å². The van der Waals surface area contributed by atoms with Crippen LogP contribution in [-0.2, 0) is 4.79 Å². The van der Waals surface area contributed by atoms with Gasteiger partial charge in [0.1, 0.15) is 0 Å². The average Bonchev–Trinajstić information content (AvgIpc) is 2.02. The van der Waals surface area contributed by atoms with Gasteiger partial charge in [-0.1, -0.05) is 6.58 Å². The predicted octanol–water partition coefficient (Wildman–Crippen LogP) is 2.19. The van der Waals surface area contributed by atoms with Gasteiger partial charge in [0.15, 0.2) is 5.78 Å². The van der Waals surface area contributed by atoms with E-state index in [0.717, 1.165) is 5.70 Å². The van der Waals surface area contributed by atoms with Crippen LogP contribution in [0.25, 0.3) is 0 Å². The Kier molecular flexibility index (Phi) is 2.79. The van der Waals surface area contributed by atoms with Crippen molar-refractivity contribution in [1.82, 2.24) is 5.32 Å². The van der Waals surface area contributed by atoms with Crippen LogP contribution >= 0.6 is 0 Å². The largest absolute Gasteiger partial charge is 0.512 e. The molecule has 0 spiro atoms. The first-order valence-electron chi connectivity index (χ1n) is 4.49. The summed E-state index contributed by atoms with van der Waals surface area (Å²) in [4.78, 5) is 11.3. The van der Waals surface area contributed by atoms with E-state index in [9.17, 15) is 9.90 Å². The summed E-state index contributed by atoms with van der Waals surface area (Å²) < 4.78 is 0. The molecule has 0 saturated carbocycles. The maximum atomic E-state index is 11.3. The summed E-state index contributed by atoms with van der Waals surface area (Å²) in [5, 5.41) is 12.4. The van der Waals surface area contributed by atoms with Gasteiger partial charge in [-0.25, -0.2) is 0 Å². The van der Waals surface area contributed by atoms with Crippen molar-refractivity contribution in [2.24, 2.45) is 0 Å². The highest BCUT2D eigenvalue weighted by Crippen LogP contribution is 2.27. The molecular formula is C11H15NO2. The molecule has 0 unspecified atom stereocenters. The van der Waals surface area contributed by atoms with Crippen molar-refractivity contribution in [3.63, 3.8) is 0 Å². The maximum absolute atomic E-state index is 11.3. The van der Waals surface area contributed by atoms with Gasteiger partial charge in [-0.3, -0.25) is 4.79 Å². The summed E-state index contributed by atoms with van der Waals surface area (Å²) in [6.07, 6.45) is 0.468. The summed E-state index contributed by atoms with van der Waals surface area (Å²) in [6.45, 7) is 8.75. The molecular weight excluding hydrogens is 178 g/mol. The average molecular weight is 193 g/mol. The zero-order valence-electron chi connectivity index (χ0n) is 8.77. The number of rotatable bonds is 1. The maximum Gasteiger partial charge on any atom is 0.157 e. The highest BCUT2D eigenvalue weighted by atomic mass is 16.3. The molecule has 0 saturated heterocycles. The molecule has 1 rings (SSSR count). The Labute approximate surface area is 83.8 Å². The van der Waals surface area contributed by atoms with Crippen LogP contribution in [0.4, 0.5) is 0 Å². The van der Waals surface area contributed by atoms with Gasteiger partial charge in [-0.2, -0.15) is 0 Å². The molecule has 1 heterocycles. The summed E-state index contributed by atoms with van der Waals surface area (Å²) in [6, 6.07) is 0. The van der Waals surface area contributed by atoms with Crippen LogP contribution < -0.4 is 5.32 Å². The molecule has 2 N–H and O–H groups in total. The van der Waals surface area contributed by atoms with Gasteiger partial charge >= 0.3 is 0 Å². The van der Waals surface area contributed by atoms with Crippen molar-refractivity contribution in [2.45, 2.75) is 27.2 Å². The lowest BCUT2D eigenvalue weighted by molar-refractivity contribution is -0.113. The van der Waals surface area contributed by atoms with Gasteiger partial charge in [0.25, 0.3) is 0 Å². The van der Waals surface area contributed by atoms with E-state index in [1.807, 2.05) is 6.92 Å². The highest BCUT2D eigenvalue weighted by molar-refractivity contribution is 5.95. The van der Waals surface area contributed by atoms with Crippen molar-refractivity contribution in [1.29, 1.82) is 0 Å². The minimum absolute atomic E-state index is 0.0289. The normalized spacial score (nSPS) is 20.6. The Morgan fingerprint density at radius 3 is 2.50 bits per heavy atom. The third kappa shape index (κ3) is 1.87.